The standard InChI is InChI=1S/C12H14N4O/c17-10-6-11(13-7-10)12-15-14-8-16(12)9-4-2-1-3-5-9/h1-5,8,10-11,13,17H,6-7H2/t10-,11-/m0/s1. The van der Waals surface area contributed by atoms with Crippen molar-refractivity contribution in [2.24, 2.45) is 0 Å². The summed E-state index contributed by atoms with van der Waals surface area (Å²) in [5.41, 5.74) is 1.04. The normalized spacial score (nSPS) is 24.1. The third-order valence-corrected chi connectivity index (χ3v) is 3.03. The van der Waals surface area contributed by atoms with Crippen molar-refractivity contribution in [3.8, 4) is 5.69 Å². The Morgan fingerprint density at radius 2 is 2.12 bits per heavy atom. The highest BCUT2D eigenvalue weighted by Crippen LogP contribution is 2.23. The molecule has 1 aromatic carbocycles. The van der Waals surface area contributed by atoms with Gasteiger partial charge in [-0.05, 0) is 18.6 Å². The largest absolute Gasteiger partial charge is 0.392 e. The predicted molar refractivity (Wildman–Crippen MR) is 62.7 cm³/mol. The molecule has 2 atom stereocenters. The van der Waals surface area contributed by atoms with E-state index in [0.717, 1.165) is 11.5 Å². The van der Waals surface area contributed by atoms with Gasteiger partial charge in [0.1, 0.15) is 6.33 Å². The molecule has 5 heteroatoms. The molecular weight excluding hydrogens is 216 g/mol. The molecule has 2 N–H and O–H groups in total. The van der Waals surface area contributed by atoms with Crippen LogP contribution in [0.25, 0.3) is 5.69 Å². The minimum absolute atomic E-state index is 0.0766. The summed E-state index contributed by atoms with van der Waals surface area (Å²) in [7, 11) is 0. The summed E-state index contributed by atoms with van der Waals surface area (Å²) in [5.74, 6) is 0.854. The van der Waals surface area contributed by atoms with Gasteiger partial charge in [-0.1, -0.05) is 18.2 Å². The van der Waals surface area contributed by atoms with Crippen LogP contribution in [0.4, 0.5) is 0 Å². The maximum absolute atomic E-state index is 9.54. The van der Waals surface area contributed by atoms with E-state index in [0.29, 0.717) is 13.0 Å². The lowest BCUT2D eigenvalue weighted by Crippen LogP contribution is -2.18. The van der Waals surface area contributed by atoms with Crippen LogP contribution in [0.2, 0.25) is 0 Å². The minimum atomic E-state index is -0.291. The van der Waals surface area contributed by atoms with E-state index < -0.39 is 0 Å². The number of aliphatic hydroxyl groups is 1. The van der Waals surface area contributed by atoms with Crippen LogP contribution in [0.15, 0.2) is 36.7 Å². The summed E-state index contributed by atoms with van der Waals surface area (Å²) >= 11 is 0. The van der Waals surface area contributed by atoms with Crippen LogP contribution in [0.1, 0.15) is 18.3 Å². The number of nitrogens with one attached hydrogen (secondary N) is 1. The van der Waals surface area contributed by atoms with Gasteiger partial charge in [-0.2, -0.15) is 0 Å². The van der Waals surface area contributed by atoms with Crippen LogP contribution in [0.5, 0.6) is 0 Å². The van der Waals surface area contributed by atoms with E-state index in [-0.39, 0.29) is 12.1 Å². The molecule has 1 saturated heterocycles. The molecule has 1 aliphatic rings. The number of nitrogens with zero attached hydrogens (tertiary/aromatic N) is 3. The number of hydrogen-bond acceptors (Lipinski definition) is 4. The third kappa shape index (κ3) is 1.94. The Labute approximate surface area is 99.1 Å². The smallest absolute Gasteiger partial charge is 0.154 e. The van der Waals surface area contributed by atoms with Gasteiger partial charge in [0.25, 0.3) is 0 Å². The molecule has 5 nitrogen and oxygen atoms in total. The van der Waals surface area contributed by atoms with E-state index in [4.69, 9.17) is 0 Å². The van der Waals surface area contributed by atoms with Crippen LogP contribution < -0.4 is 5.32 Å². The summed E-state index contributed by atoms with van der Waals surface area (Å²) in [6.07, 6.45) is 2.10. The van der Waals surface area contributed by atoms with Gasteiger partial charge < -0.3 is 10.4 Å². The Balaban J connectivity index is 1.95. The van der Waals surface area contributed by atoms with Crippen molar-refractivity contribution in [1.29, 1.82) is 0 Å². The molecule has 0 aliphatic carbocycles. The Bertz CT molecular complexity index is 496. The lowest BCUT2D eigenvalue weighted by Gasteiger charge is -2.11. The average molecular weight is 230 g/mol. The van der Waals surface area contributed by atoms with Gasteiger partial charge >= 0.3 is 0 Å². The Kier molecular flexibility index (Phi) is 2.62. The maximum atomic E-state index is 9.54. The van der Waals surface area contributed by atoms with Crippen LogP contribution >= 0.6 is 0 Å². The van der Waals surface area contributed by atoms with Crippen LogP contribution in [-0.2, 0) is 0 Å². The Hall–Kier alpha value is -1.72. The lowest BCUT2D eigenvalue weighted by atomic mass is 10.2. The van der Waals surface area contributed by atoms with Crippen molar-refractivity contribution in [3.05, 3.63) is 42.5 Å². The number of rotatable bonds is 2. The topological polar surface area (TPSA) is 63.0 Å². The number of β-amino-alcohol motifs (C(OH)–C–C–N with tert-alkyl or cyclic N) is 1. The summed E-state index contributed by atoms with van der Waals surface area (Å²) in [4.78, 5) is 0. The fourth-order valence-corrected chi connectivity index (χ4v) is 2.18. The number of benzene rings is 1. The number of aromatic nitrogens is 3. The highest BCUT2D eigenvalue weighted by atomic mass is 16.3. The highest BCUT2D eigenvalue weighted by Gasteiger charge is 2.27. The van der Waals surface area contributed by atoms with Crippen molar-refractivity contribution in [2.75, 3.05) is 6.54 Å². The molecule has 0 radical (unpaired) electrons. The van der Waals surface area contributed by atoms with E-state index in [1.807, 2.05) is 34.9 Å². The van der Waals surface area contributed by atoms with Gasteiger partial charge in [-0.25, -0.2) is 0 Å². The van der Waals surface area contributed by atoms with Gasteiger partial charge in [0, 0.05) is 12.2 Å². The molecule has 17 heavy (non-hydrogen) atoms. The summed E-state index contributed by atoms with van der Waals surface area (Å²) in [5, 5.41) is 20.9. The molecule has 0 unspecified atom stereocenters. The molecule has 0 saturated carbocycles. The molecule has 2 aromatic rings. The Morgan fingerprint density at radius 3 is 2.82 bits per heavy atom. The van der Waals surface area contributed by atoms with E-state index >= 15 is 0 Å². The molecule has 88 valence electrons. The van der Waals surface area contributed by atoms with Gasteiger partial charge in [-0.15, -0.1) is 10.2 Å². The van der Waals surface area contributed by atoms with Crippen LogP contribution in [-0.4, -0.2) is 32.5 Å². The molecule has 1 aromatic heterocycles. The van der Waals surface area contributed by atoms with Crippen molar-refractivity contribution in [2.45, 2.75) is 18.6 Å². The first kappa shape index (κ1) is 10.4. The van der Waals surface area contributed by atoms with Crippen LogP contribution in [0, 0.1) is 0 Å². The van der Waals surface area contributed by atoms with E-state index in [1.54, 1.807) is 6.33 Å². The second-order valence-electron chi connectivity index (χ2n) is 4.25. The van der Waals surface area contributed by atoms with E-state index in [1.165, 1.54) is 0 Å². The summed E-state index contributed by atoms with van der Waals surface area (Å²) in [6, 6.07) is 10.0. The number of hydrogen-bond donors (Lipinski definition) is 2. The number of aliphatic hydroxyl groups excluding tert-OH is 1. The Morgan fingerprint density at radius 1 is 1.29 bits per heavy atom. The first-order valence-corrected chi connectivity index (χ1v) is 5.71. The van der Waals surface area contributed by atoms with Crippen molar-refractivity contribution in [3.63, 3.8) is 0 Å². The van der Waals surface area contributed by atoms with Gasteiger partial charge in [0.2, 0.25) is 0 Å². The first-order chi connectivity index (χ1) is 8.34. The zero-order valence-electron chi connectivity index (χ0n) is 9.32. The van der Waals surface area contributed by atoms with Crippen molar-refractivity contribution < 1.29 is 5.11 Å². The molecule has 1 aliphatic heterocycles. The monoisotopic (exact) mass is 230 g/mol. The zero-order valence-corrected chi connectivity index (χ0v) is 9.32. The fraction of sp³-hybridized carbons (Fsp3) is 0.333. The van der Waals surface area contributed by atoms with Crippen molar-refractivity contribution in [1.82, 2.24) is 20.1 Å². The van der Waals surface area contributed by atoms with Gasteiger partial charge in [-0.3, -0.25) is 4.57 Å². The molecule has 1 fully saturated rings. The van der Waals surface area contributed by atoms with E-state index in [9.17, 15) is 5.11 Å². The second-order valence-corrected chi connectivity index (χ2v) is 4.25. The first-order valence-electron chi connectivity index (χ1n) is 5.71. The van der Waals surface area contributed by atoms with Crippen LogP contribution in [0.3, 0.4) is 0 Å². The van der Waals surface area contributed by atoms with Crippen molar-refractivity contribution >= 4 is 0 Å². The quantitative estimate of drug-likeness (QED) is 0.795. The minimum Gasteiger partial charge on any atom is -0.392 e. The second kappa shape index (κ2) is 4.27. The molecule has 0 spiro atoms. The maximum Gasteiger partial charge on any atom is 0.154 e. The zero-order chi connectivity index (χ0) is 11.7. The molecular formula is C12H14N4O. The fourth-order valence-electron chi connectivity index (χ4n) is 2.18. The third-order valence-electron chi connectivity index (χ3n) is 3.03. The lowest BCUT2D eigenvalue weighted by molar-refractivity contribution is 0.193. The SMILES string of the molecule is O[C@@H]1CN[C@H](c2nncn2-c2ccccc2)C1. The average Bonchev–Trinajstić information content (AvgIpc) is 2.98. The van der Waals surface area contributed by atoms with E-state index in [2.05, 4.69) is 15.5 Å². The summed E-state index contributed by atoms with van der Waals surface area (Å²) in [6.45, 7) is 0.617. The molecule has 0 amide bonds. The number of para-hydroxylation sites is 1. The molecule has 3 rings (SSSR count). The highest BCUT2D eigenvalue weighted by molar-refractivity contribution is 5.32. The molecule has 0 bridgehead atoms. The predicted octanol–water partition coefficient (Wildman–Crippen LogP) is 0.663. The molecule has 2 heterocycles. The van der Waals surface area contributed by atoms with Gasteiger partial charge in [0.05, 0.1) is 12.1 Å². The van der Waals surface area contributed by atoms with Gasteiger partial charge in [0.15, 0.2) is 5.82 Å². The summed E-state index contributed by atoms with van der Waals surface area (Å²) < 4.78 is 1.95.